The number of piperazine rings is 1. The van der Waals surface area contributed by atoms with Crippen molar-refractivity contribution < 1.29 is 14.3 Å². The number of rotatable bonds is 5. The zero-order chi connectivity index (χ0) is 17.9. The molecule has 1 atom stereocenters. The molecule has 1 N–H and O–H groups in total. The van der Waals surface area contributed by atoms with Gasteiger partial charge in [-0.2, -0.15) is 11.3 Å². The van der Waals surface area contributed by atoms with Gasteiger partial charge in [-0.1, -0.05) is 0 Å². The molecule has 0 spiro atoms. The van der Waals surface area contributed by atoms with Gasteiger partial charge in [-0.25, -0.2) is 0 Å². The van der Waals surface area contributed by atoms with Crippen LogP contribution in [0.25, 0.3) is 0 Å². The Balaban J connectivity index is 1.43. The number of ether oxygens (including phenoxy) is 2. The summed E-state index contributed by atoms with van der Waals surface area (Å²) in [6.45, 7) is 4.93. The standard InChI is InChI=1S/C19H23N3O3S/c1-21-5-7-22(8-6-21)16(15-4-9-26-12-15)11-20-19(23)14-2-3-17-18(10-14)25-13-24-17/h2-4,9-10,12,16H,5-8,11,13H2,1H3,(H,20,23). The van der Waals surface area contributed by atoms with E-state index < -0.39 is 0 Å². The molecule has 7 heteroatoms. The lowest BCUT2D eigenvalue weighted by Crippen LogP contribution is -2.48. The molecule has 2 aromatic rings. The van der Waals surface area contributed by atoms with Crippen LogP contribution < -0.4 is 14.8 Å². The summed E-state index contributed by atoms with van der Waals surface area (Å²) in [6.07, 6.45) is 0. The van der Waals surface area contributed by atoms with E-state index in [-0.39, 0.29) is 18.7 Å². The van der Waals surface area contributed by atoms with Gasteiger partial charge in [0.05, 0.1) is 6.04 Å². The quantitative estimate of drug-likeness (QED) is 0.871. The number of likely N-dealkylation sites (N-methyl/N-ethyl adjacent to an activating group) is 1. The van der Waals surface area contributed by atoms with Crippen LogP contribution in [0.2, 0.25) is 0 Å². The van der Waals surface area contributed by atoms with E-state index in [0.29, 0.717) is 23.6 Å². The molecule has 1 saturated heterocycles. The number of hydrogen-bond donors (Lipinski definition) is 1. The minimum absolute atomic E-state index is 0.0855. The van der Waals surface area contributed by atoms with Crippen LogP contribution in [-0.4, -0.2) is 62.3 Å². The molecule has 0 saturated carbocycles. The molecule has 6 nitrogen and oxygen atoms in total. The van der Waals surface area contributed by atoms with Crippen LogP contribution in [0.3, 0.4) is 0 Å². The number of hydrogen-bond acceptors (Lipinski definition) is 6. The molecule has 1 aromatic heterocycles. The molecule has 26 heavy (non-hydrogen) atoms. The van der Waals surface area contributed by atoms with Gasteiger partial charge in [-0.15, -0.1) is 0 Å². The van der Waals surface area contributed by atoms with Gasteiger partial charge in [-0.3, -0.25) is 9.69 Å². The number of fused-ring (bicyclic) bond motifs is 1. The molecule has 3 heterocycles. The largest absolute Gasteiger partial charge is 0.454 e. The lowest BCUT2D eigenvalue weighted by Gasteiger charge is -2.38. The Morgan fingerprint density at radius 1 is 1.19 bits per heavy atom. The third-order valence-corrected chi connectivity index (χ3v) is 5.70. The van der Waals surface area contributed by atoms with Gasteiger partial charge in [0.25, 0.3) is 5.91 Å². The van der Waals surface area contributed by atoms with Crippen molar-refractivity contribution in [1.29, 1.82) is 0 Å². The van der Waals surface area contributed by atoms with Crippen LogP contribution in [-0.2, 0) is 0 Å². The monoisotopic (exact) mass is 373 g/mol. The van der Waals surface area contributed by atoms with Gasteiger partial charge >= 0.3 is 0 Å². The first-order valence-corrected chi connectivity index (χ1v) is 9.77. The summed E-state index contributed by atoms with van der Waals surface area (Å²) in [6, 6.07) is 7.66. The number of thiophene rings is 1. The summed E-state index contributed by atoms with van der Waals surface area (Å²) >= 11 is 1.70. The minimum atomic E-state index is -0.0855. The fourth-order valence-corrected chi connectivity index (χ4v) is 4.09. The van der Waals surface area contributed by atoms with Gasteiger partial charge in [0, 0.05) is 38.3 Å². The summed E-state index contributed by atoms with van der Waals surface area (Å²) in [5.41, 5.74) is 1.86. The fourth-order valence-electron chi connectivity index (χ4n) is 3.39. The van der Waals surface area contributed by atoms with Crippen molar-refractivity contribution in [3.8, 4) is 11.5 Å². The fraction of sp³-hybridized carbons (Fsp3) is 0.421. The van der Waals surface area contributed by atoms with Crippen LogP contribution in [0.5, 0.6) is 11.5 Å². The lowest BCUT2D eigenvalue weighted by atomic mass is 10.1. The second-order valence-corrected chi connectivity index (χ2v) is 7.47. The van der Waals surface area contributed by atoms with Crippen LogP contribution >= 0.6 is 11.3 Å². The van der Waals surface area contributed by atoms with Crippen molar-refractivity contribution in [3.63, 3.8) is 0 Å². The third-order valence-electron chi connectivity index (χ3n) is 5.00. The Bertz CT molecular complexity index is 757. The molecule has 2 aliphatic heterocycles. The Hall–Kier alpha value is -2.09. The van der Waals surface area contributed by atoms with Crippen LogP contribution in [0.15, 0.2) is 35.0 Å². The molecular weight excluding hydrogens is 350 g/mol. The zero-order valence-corrected chi connectivity index (χ0v) is 15.6. The maximum Gasteiger partial charge on any atom is 0.251 e. The van der Waals surface area contributed by atoms with Gasteiger partial charge < -0.3 is 19.7 Å². The molecule has 1 unspecified atom stereocenters. The van der Waals surface area contributed by atoms with Crippen molar-refractivity contribution >= 4 is 17.2 Å². The average molecular weight is 373 g/mol. The predicted octanol–water partition coefficient (Wildman–Crippen LogP) is 2.20. The van der Waals surface area contributed by atoms with Gasteiger partial charge in [0.2, 0.25) is 6.79 Å². The number of carbonyl (C=O) groups excluding carboxylic acids is 1. The van der Waals surface area contributed by atoms with Gasteiger partial charge in [0.15, 0.2) is 11.5 Å². The van der Waals surface area contributed by atoms with Crippen molar-refractivity contribution in [2.45, 2.75) is 6.04 Å². The zero-order valence-electron chi connectivity index (χ0n) is 14.8. The number of carbonyl (C=O) groups is 1. The molecule has 0 aliphatic carbocycles. The van der Waals surface area contributed by atoms with Crippen LogP contribution in [0, 0.1) is 0 Å². The van der Waals surface area contributed by atoms with E-state index in [1.165, 1.54) is 5.56 Å². The maximum atomic E-state index is 12.6. The molecule has 0 bridgehead atoms. The second-order valence-electron chi connectivity index (χ2n) is 6.69. The summed E-state index contributed by atoms with van der Waals surface area (Å²) < 4.78 is 10.7. The van der Waals surface area contributed by atoms with Crippen molar-refractivity contribution in [1.82, 2.24) is 15.1 Å². The smallest absolute Gasteiger partial charge is 0.251 e. The SMILES string of the molecule is CN1CCN(C(CNC(=O)c2ccc3c(c2)OCO3)c2ccsc2)CC1. The highest BCUT2D eigenvalue weighted by atomic mass is 32.1. The van der Waals surface area contributed by atoms with Crippen LogP contribution in [0.1, 0.15) is 22.0 Å². The average Bonchev–Trinajstić information content (AvgIpc) is 3.34. The summed E-state index contributed by atoms with van der Waals surface area (Å²) in [4.78, 5) is 17.4. The predicted molar refractivity (Wildman–Crippen MR) is 101 cm³/mol. The van der Waals surface area contributed by atoms with Crippen molar-refractivity contribution in [3.05, 3.63) is 46.2 Å². The number of nitrogens with zero attached hydrogens (tertiary/aromatic N) is 2. The highest BCUT2D eigenvalue weighted by Crippen LogP contribution is 2.32. The molecule has 1 aromatic carbocycles. The summed E-state index contributed by atoms with van der Waals surface area (Å²) in [5, 5.41) is 7.37. The number of nitrogens with one attached hydrogen (secondary N) is 1. The Morgan fingerprint density at radius 2 is 2.00 bits per heavy atom. The summed E-state index contributed by atoms with van der Waals surface area (Å²) in [7, 11) is 2.15. The van der Waals surface area contributed by atoms with Crippen LogP contribution in [0.4, 0.5) is 0 Å². The van der Waals surface area contributed by atoms with E-state index in [1.54, 1.807) is 29.5 Å². The molecule has 138 valence electrons. The lowest BCUT2D eigenvalue weighted by molar-refractivity contribution is 0.0886. The molecular formula is C19H23N3O3S. The molecule has 4 rings (SSSR count). The van der Waals surface area contributed by atoms with Gasteiger partial charge in [-0.05, 0) is 47.6 Å². The van der Waals surface area contributed by atoms with E-state index in [0.717, 1.165) is 26.2 Å². The number of benzene rings is 1. The van der Waals surface area contributed by atoms with Crippen molar-refractivity contribution in [2.24, 2.45) is 0 Å². The molecule has 2 aliphatic rings. The first kappa shape index (κ1) is 17.3. The molecule has 1 amide bonds. The minimum Gasteiger partial charge on any atom is -0.454 e. The van der Waals surface area contributed by atoms with E-state index in [2.05, 4.69) is 39.0 Å². The Labute approximate surface area is 157 Å². The van der Waals surface area contributed by atoms with E-state index in [4.69, 9.17) is 9.47 Å². The maximum absolute atomic E-state index is 12.6. The normalized spacial score (nSPS) is 18.7. The third kappa shape index (κ3) is 3.70. The topological polar surface area (TPSA) is 54.0 Å². The summed E-state index contributed by atoms with van der Waals surface area (Å²) in [5.74, 6) is 1.24. The van der Waals surface area contributed by atoms with Crippen molar-refractivity contribution in [2.75, 3.05) is 46.6 Å². The number of amides is 1. The first-order valence-electron chi connectivity index (χ1n) is 8.83. The van der Waals surface area contributed by atoms with E-state index in [1.807, 2.05) is 0 Å². The molecule has 1 fully saturated rings. The highest BCUT2D eigenvalue weighted by Gasteiger charge is 2.25. The Morgan fingerprint density at radius 3 is 2.77 bits per heavy atom. The van der Waals surface area contributed by atoms with Gasteiger partial charge in [0.1, 0.15) is 0 Å². The van der Waals surface area contributed by atoms with E-state index >= 15 is 0 Å². The first-order chi connectivity index (χ1) is 12.7. The Kier molecular flexibility index (Phi) is 5.10. The molecule has 0 radical (unpaired) electrons. The van der Waals surface area contributed by atoms with E-state index in [9.17, 15) is 4.79 Å². The highest BCUT2D eigenvalue weighted by molar-refractivity contribution is 7.07. The second kappa shape index (κ2) is 7.65.